The second-order valence-electron chi connectivity index (χ2n) is 4.60. The third kappa shape index (κ3) is 4.38. The van der Waals surface area contributed by atoms with Crippen LogP contribution in [0.5, 0.6) is 0 Å². The average Bonchev–Trinajstić information content (AvgIpc) is 3.13. The highest BCUT2D eigenvalue weighted by Crippen LogP contribution is 2.13. The number of thiophene rings is 1. The fourth-order valence-corrected chi connectivity index (χ4v) is 2.68. The minimum absolute atomic E-state index is 0.169. The van der Waals surface area contributed by atoms with Gasteiger partial charge in [0.25, 0.3) is 0 Å². The van der Waals surface area contributed by atoms with Crippen LogP contribution in [0.1, 0.15) is 23.3 Å². The third-order valence-electron chi connectivity index (χ3n) is 3.08. The molecule has 2 rings (SSSR count). The summed E-state index contributed by atoms with van der Waals surface area (Å²) in [6.45, 7) is 5.02. The van der Waals surface area contributed by atoms with Crippen molar-refractivity contribution in [1.82, 2.24) is 4.90 Å². The van der Waals surface area contributed by atoms with Crippen molar-refractivity contribution in [3.05, 3.63) is 59.2 Å². The van der Waals surface area contributed by atoms with E-state index in [0.717, 1.165) is 24.9 Å². The zero-order valence-corrected chi connectivity index (χ0v) is 12.3. The first kappa shape index (κ1) is 14.6. The van der Waals surface area contributed by atoms with E-state index in [-0.39, 0.29) is 5.91 Å². The number of rotatable bonds is 8. The minimum Gasteiger partial charge on any atom is -0.472 e. The molecule has 0 aliphatic carbocycles. The van der Waals surface area contributed by atoms with E-state index in [2.05, 4.69) is 18.0 Å². The normalized spacial score (nSPS) is 10.4. The predicted molar refractivity (Wildman–Crippen MR) is 81.6 cm³/mol. The molecule has 2 heterocycles. The van der Waals surface area contributed by atoms with Gasteiger partial charge in [-0.1, -0.05) is 12.1 Å². The van der Waals surface area contributed by atoms with Gasteiger partial charge in [0.15, 0.2) is 0 Å². The summed E-state index contributed by atoms with van der Waals surface area (Å²) >= 11 is 1.73. The van der Waals surface area contributed by atoms with E-state index >= 15 is 0 Å². The summed E-state index contributed by atoms with van der Waals surface area (Å²) in [4.78, 5) is 15.4. The van der Waals surface area contributed by atoms with Crippen LogP contribution in [0.15, 0.2) is 53.2 Å². The summed E-state index contributed by atoms with van der Waals surface area (Å²) in [5, 5.41) is 2.06. The second kappa shape index (κ2) is 7.70. The lowest BCUT2D eigenvalue weighted by Gasteiger charge is -2.21. The Kier molecular flexibility index (Phi) is 5.62. The molecule has 0 saturated carbocycles. The zero-order chi connectivity index (χ0) is 14.2. The molecule has 0 atom stereocenters. The monoisotopic (exact) mass is 289 g/mol. The predicted octanol–water partition coefficient (Wildman–Crippen LogP) is 3.88. The van der Waals surface area contributed by atoms with Gasteiger partial charge >= 0.3 is 0 Å². The van der Waals surface area contributed by atoms with Gasteiger partial charge in [0.1, 0.15) is 0 Å². The van der Waals surface area contributed by atoms with E-state index in [1.54, 1.807) is 29.9 Å². The number of furan rings is 1. The molecule has 0 N–H and O–H groups in total. The molecule has 3 nitrogen and oxygen atoms in total. The molecule has 4 heteroatoms. The molecule has 20 heavy (non-hydrogen) atoms. The number of hydrogen-bond donors (Lipinski definition) is 0. The second-order valence-corrected chi connectivity index (χ2v) is 5.64. The topological polar surface area (TPSA) is 33.5 Å². The fraction of sp³-hybridized carbons (Fsp3) is 0.312. The highest BCUT2D eigenvalue weighted by Gasteiger charge is 2.14. The van der Waals surface area contributed by atoms with E-state index in [1.807, 2.05) is 17.0 Å². The molecule has 2 aromatic heterocycles. The Morgan fingerprint density at radius 3 is 3.00 bits per heavy atom. The first-order valence-corrected chi connectivity index (χ1v) is 7.59. The zero-order valence-electron chi connectivity index (χ0n) is 11.5. The Morgan fingerprint density at radius 2 is 2.35 bits per heavy atom. The van der Waals surface area contributed by atoms with E-state index in [1.165, 1.54) is 4.88 Å². The Hall–Kier alpha value is -1.81. The number of carbonyl (C=O) groups excluding carboxylic acids is 1. The summed E-state index contributed by atoms with van der Waals surface area (Å²) in [5.74, 6) is 0.169. The van der Waals surface area contributed by atoms with Gasteiger partial charge in [0.2, 0.25) is 5.91 Å². The van der Waals surface area contributed by atoms with Gasteiger partial charge in [0, 0.05) is 30.0 Å². The highest BCUT2D eigenvalue weighted by molar-refractivity contribution is 7.09. The van der Waals surface area contributed by atoms with Crippen LogP contribution in [0.2, 0.25) is 0 Å². The summed E-state index contributed by atoms with van der Waals surface area (Å²) in [5.41, 5.74) is 1.03. The molecule has 0 bridgehead atoms. The maximum Gasteiger partial charge on any atom is 0.223 e. The Labute approximate surface area is 123 Å². The molecule has 106 valence electrons. The van der Waals surface area contributed by atoms with Gasteiger partial charge in [-0.3, -0.25) is 4.79 Å². The van der Waals surface area contributed by atoms with Crippen LogP contribution >= 0.6 is 11.3 Å². The van der Waals surface area contributed by atoms with Crippen LogP contribution in [-0.4, -0.2) is 17.4 Å². The van der Waals surface area contributed by atoms with Gasteiger partial charge in [-0.05, 0) is 30.4 Å². The van der Waals surface area contributed by atoms with Crippen molar-refractivity contribution in [1.29, 1.82) is 0 Å². The van der Waals surface area contributed by atoms with Gasteiger partial charge < -0.3 is 9.32 Å². The molecule has 2 aromatic rings. The first-order valence-electron chi connectivity index (χ1n) is 6.71. The largest absolute Gasteiger partial charge is 0.472 e. The van der Waals surface area contributed by atoms with Crippen LogP contribution in [0.3, 0.4) is 0 Å². The van der Waals surface area contributed by atoms with Crippen LogP contribution in [0.25, 0.3) is 0 Å². The van der Waals surface area contributed by atoms with Gasteiger partial charge in [-0.2, -0.15) is 0 Å². The molecule has 0 aliphatic rings. The van der Waals surface area contributed by atoms with E-state index in [4.69, 9.17) is 4.42 Å². The summed E-state index contributed by atoms with van der Waals surface area (Å²) < 4.78 is 5.07. The van der Waals surface area contributed by atoms with Crippen LogP contribution in [0, 0.1) is 0 Å². The Balaban J connectivity index is 1.95. The first-order chi connectivity index (χ1) is 9.79. The van der Waals surface area contributed by atoms with Crippen molar-refractivity contribution in [2.45, 2.75) is 25.8 Å². The smallest absolute Gasteiger partial charge is 0.223 e. The molecule has 0 aromatic carbocycles. The van der Waals surface area contributed by atoms with Crippen molar-refractivity contribution in [2.75, 3.05) is 6.54 Å². The maximum absolute atomic E-state index is 12.2. The number of nitrogens with zero attached hydrogens (tertiary/aromatic N) is 1. The molecule has 0 aliphatic heterocycles. The highest BCUT2D eigenvalue weighted by atomic mass is 32.1. The number of carbonyl (C=O) groups is 1. The van der Waals surface area contributed by atoms with Gasteiger partial charge in [-0.25, -0.2) is 0 Å². The van der Waals surface area contributed by atoms with Crippen molar-refractivity contribution >= 4 is 17.2 Å². The number of allylic oxidation sites excluding steroid dienone is 1. The summed E-state index contributed by atoms with van der Waals surface area (Å²) in [6, 6.07) is 6.05. The maximum atomic E-state index is 12.2. The molecule has 0 unspecified atom stereocenters. The van der Waals surface area contributed by atoms with Crippen LogP contribution in [0.4, 0.5) is 0 Å². The third-order valence-corrected chi connectivity index (χ3v) is 4.01. The SMILES string of the molecule is C=CCCC(=O)N(CCc1cccs1)Cc1ccoc1. The Morgan fingerprint density at radius 1 is 1.45 bits per heavy atom. The molecular formula is C16H19NO2S. The van der Waals surface area contributed by atoms with Crippen molar-refractivity contribution < 1.29 is 9.21 Å². The average molecular weight is 289 g/mol. The van der Waals surface area contributed by atoms with E-state index < -0.39 is 0 Å². The number of hydrogen-bond acceptors (Lipinski definition) is 3. The minimum atomic E-state index is 0.169. The van der Waals surface area contributed by atoms with E-state index in [9.17, 15) is 4.79 Å². The molecule has 0 spiro atoms. The standard InChI is InChI=1S/C16H19NO2S/c1-2-3-6-16(18)17(12-14-8-10-19-13-14)9-7-15-5-4-11-20-15/h2,4-5,8,10-11,13H,1,3,6-7,9,12H2. The molecule has 1 amide bonds. The van der Waals surface area contributed by atoms with Crippen molar-refractivity contribution in [2.24, 2.45) is 0 Å². The molecule has 0 fully saturated rings. The van der Waals surface area contributed by atoms with Crippen molar-refractivity contribution in [3.8, 4) is 0 Å². The summed E-state index contributed by atoms with van der Waals surface area (Å²) in [6.07, 6.45) is 7.26. The van der Waals surface area contributed by atoms with Crippen LogP contribution < -0.4 is 0 Å². The quantitative estimate of drug-likeness (QED) is 0.691. The van der Waals surface area contributed by atoms with Crippen molar-refractivity contribution in [3.63, 3.8) is 0 Å². The lowest BCUT2D eigenvalue weighted by molar-refractivity contribution is -0.131. The lowest BCUT2D eigenvalue weighted by atomic mass is 10.2. The Bertz CT molecular complexity index is 517. The fourth-order valence-electron chi connectivity index (χ4n) is 1.98. The van der Waals surface area contributed by atoms with Crippen LogP contribution in [-0.2, 0) is 17.8 Å². The molecular weight excluding hydrogens is 270 g/mol. The van der Waals surface area contributed by atoms with Gasteiger partial charge in [0.05, 0.1) is 12.5 Å². The molecule has 0 saturated heterocycles. The van der Waals surface area contributed by atoms with E-state index in [0.29, 0.717) is 13.0 Å². The van der Waals surface area contributed by atoms with Gasteiger partial charge in [-0.15, -0.1) is 17.9 Å². The lowest BCUT2D eigenvalue weighted by Crippen LogP contribution is -2.32. The molecule has 0 radical (unpaired) electrons. The number of amides is 1. The summed E-state index contributed by atoms with van der Waals surface area (Å²) in [7, 11) is 0.